The number of benzene rings is 1. The van der Waals surface area contributed by atoms with Gasteiger partial charge < -0.3 is 9.64 Å². The van der Waals surface area contributed by atoms with Crippen molar-refractivity contribution < 1.29 is 22.3 Å². The van der Waals surface area contributed by atoms with Crippen LogP contribution in [0.15, 0.2) is 30.0 Å². The Labute approximate surface area is 163 Å². The molecule has 1 N–H and O–H groups in total. The maximum Gasteiger partial charge on any atom is 0.414 e. The first-order chi connectivity index (χ1) is 13.3. The molecule has 0 bridgehead atoms. The van der Waals surface area contributed by atoms with Gasteiger partial charge in [-0.15, -0.1) is 0 Å². The van der Waals surface area contributed by atoms with E-state index in [9.17, 15) is 17.6 Å². The predicted molar refractivity (Wildman–Crippen MR) is 103 cm³/mol. The van der Waals surface area contributed by atoms with E-state index in [0.29, 0.717) is 24.5 Å². The molecule has 0 saturated carbocycles. The molecule has 0 aromatic heterocycles. The second kappa shape index (κ2) is 8.16. The lowest BCUT2D eigenvalue weighted by molar-refractivity contribution is 0.143. The first-order valence-corrected chi connectivity index (χ1v) is 10.7. The van der Waals surface area contributed by atoms with E-state index in [1.165, 1.54) is 17.2 Å². The van der Waals surface area contributed by atoms with Crippen molar-refractivity contribution in [2.75, 3.05) is 42.2 Å². The van der Waals surface area contributed by atoms with E-state index in [1.807, 2.05) is 4.90 Å². The summed E-state index contributed by atoms with van der Waals surface area (Å²) < 4.78 is 44.5. The standard InChI is InChI=1S/C18H21FN4O4S/c1-20-10-13-5-7-22(8-6-13)17-4-3-14(9-16(17)19)23-12-15(27-18(23)24)11-21-28(2,25)26/h3-4,9-10,15,21H,5-8,11-12H2,2H3/t15-/m0/s1. The maximum absolute atomic E-state index is 14.7. The van der Waals surface area contributed by atoms with Crippen molar-refractivity contribution in [2.45, 2.75) is 18.9 Å². The lowest BCUT2D eigenvalue weighted by atomic mass is 10.0. The third-order valence-corrected chi connectivity index (χ3v) is 5.37. The number of anilines is 2. The Hall–Kier alpha value is -2.64. The third kappa shape index (κ3) is 4.79. The van der Waals surface area contributed by atoms with Crippen molar-refractivity contribution >= 4 is 27.5 Å². The van der Waals surface area contributed by atoms with Crippen LogP contribution in [0, 0.1) is 12.4 Å². The number of carbonyl (C=O) groups excluding carboxylic acids is 1. The summed E-state index contributed by atoms with van der Waals surface area (Å²) in [6.45, 7) is 8.24. The van der Waals surface area contributed by atoms with Gasteiger partial charge in [0, 0.05) is 19.6 Å². The van der Waals surface area contributed by atoms with Gasteiger partial charge >= 0.3 is 6.09 Å². The monoisotopic (exact) mass is 408 g/mol. The first-order valence-electron chi connectivity index (χ1n) is 8.78. The second-order valence-corrected chi connectivity index (χ2v) is 8.61. The van der Waals surface area contributed by atoms with Gasteiger partial charge in [0.2, 0.25) is 10.0 Å². The lowest BCUT2D eigenvalue weighted by Crippen LogP contribution is -2.34. The van der Waals surface area contributed by atoms with Crippen LogP contribution in [0.1, 0.15) is 12.8 Å². The van der Waals surface area contributed by atoms with Crippen LogP contribution >= 0.6 is 0 Å². The fourth-order valence-electron chi connectivity index (χ4n) is 3.26. The summed E-state index contributed by atoms with van der Waals surface area (Å²) >= 11 is 0. The van der Waals surface area contributed by atoms with Crippen molar-refractivity contribution in [1.29, 1.82) is 0 Å². The molecule has 0 radical (unpaired) electrons. The minimum Gasteiger partial charge on any atom is -0.443 e. The van der Waals surface area contributed by atoms with Crippen molar-refractivity contribution in [3.63, 3.8) is 0 Å². The van der Waals surface area contributed by atoms with E-state index in [-0.39, 0.29) is 13.1 Å². The van der Waals surface area contributed by atoms with Gasteiger partial charge in [0.15, 0.2) is 6.20 Å². The molecule has 2 heterocycles. The highest BCUT2D eigenvalue weighted by Gasteiger charge is 2.33. The Morgan fingerprint density at radius 1 is 1.39 bits per heavy atom. The van der Waals surface area contributed by atoms with Crippen LogP contribution in [-0.2, 0) is 14.8 Å². The second-order valence-electron chi connectivity index (χ2n) is 6.78. The van der Waals surface area contributed by atoms with Crippen molar-refractivity contribution in [3.05, 3.63) is 47.2 Å². The average molecular weight is 408 g/mol. The number of sulfonamides is 1. The average Bonchev–Trinajstić information content (AvgIpc) is 3.01. The van der Waals surface area contributed by atoms with Crippen LogP contribution in [0.3, 0.4) is 0 Å². The molecule has 1 atom stereocenters. The van der Waals surface area contributed by atoms with Gasteiger partial charge in [-0.1, -0.05) is 5.57 Å². The third-order valence-electron chi connectivity index (χ3n) is 4.68. The summed E-state index contributed by atoms with van der Waals surface area (Å²) in [5, 5.41) is 0. The Kier molecular flexibility index (Phi) is 5.86. The molecule has 10 heteroatoms. The zero-order valence-electron chi connectivity index (χ0n) is 15.4. The van der Waals surface area contributed by atoms with Gasteiger partial charge in [-0.25, -0.2) is 27.2 Å². The summed E-state index contributed by atoms with van der Waals surface area (Å²) in [5.74, 6) is -0.444. The summed E-state index contributed by atoms with van der Waals surface area (Å²) in [5.41, 5.74) is 1.88. The van der Waals surface area contributed by atoms with Gasteiger partial charge in [-0.05, 0) is 31.0 Å². The summed E-state index contributed by atoms with van der Waals surface area (Å²) in [4.78, 5) is 18.6. The number of rotatable bonds is 5. The van der Waals surface area contributed by atoms with Crippen LogP contribution in [0.4, 0.5) is 20.6 Å². The number of ether oxygens (including phenoxy) is 1. The van der Waals surface area contributed by atoms with Crippen LogP contribution in [0.2, 0.25) is 0 Å². The highest BCUT2D eigenvalue weighted by Crippen LogP contribution is 2.30. The number of nitrogens with zero attached hydrogens (tertiary/aromatic N) is 3. The smallest absolute Gasteiger partial charge is 0.414 e. The van der Waals surface area contributed by atoms with E-state index in [0.717, 1.165) is 24.7 Å². The zero-order valence-corrected chi connectivity index (χ0v) is 16.2. The number of piperidine rings is 1. The van der Waals surface area contributed by atoms with Crippen LogP contribution < -0.4 is 14.5 Å². The molecule has 150 valence electrons. The number of amides is 1. The molecule has 1 aromatic carbocycles. The lowest BCUT2D eigenvalue weighted by Gasteiger charge is -2.31. The van der Waals surface area contributed by atoms with Crippen molar-refractivity contribution in [1.82, 2.24) is 4.72 Å². The maximum atomic E-state index is 14.7. The molecular formula is C18H21FN4O4S. The number of hydrogen-bond acceptors (Lipinski definition) is 5. The summed E-state index contributed by atoms with van der Waals surface area (Å²) in [6.07, 6.45) is 2.72. The molecule has 1 amide bonds. The first kappa shape index (κ1) is 20.1. The molecule has 2 aliphatic heterocycles. The normalized spacial score (nSPS) is 20.1. The molecule has 0 spiro atoms. The van der Waals surface area contributed by atoms with Gasteiger partial charge in [-0.2, -0.15) is 0 Å². The largest absolute Gasteiger partial charge is 0.443 e. The minimum absolute atomic E-state index is 0.0319. The molecule has 2 saturated heterocycles. The summed E-state index contributed by atoms with van der Waals surface area (Å²) in [7, 11) is -3.39. The minimum atomic E-state index is -3.39. The fraction of sp³-hybridized carbons (Fsp3) is 0.444. The SMILES string of the molecule is [C-]#[N+]C=C1CCN(c2ccc(N3C[C@H](CNS(C)(=O)=O)OC3=O)cc2F)CC1. The Morgan fingerprint density at radius 2 is 2.11 bits per heavy atom. The van der Waals surface area contributed by atoms with E-state index >= 15 is 0 Å². The van der Waals surface area contributed by atoms with Gasteiger partial charge in [-0.3, -0.25) is 4.90 Å². The van der Waals surface area contributed by atoms with Crippen LogP contribution in [-0.4, -0.2) is 53.0 Å². The molecule has 1 aromatic rings. The van der Waals surface area contributed by atoms with E-state index in [1.54, 1.807) is 12.1 Å². The summed E-state index contributed by atoms with van der Waals surface area (Å²) in [6, 6.07) is 4.56. The molecular weight excluding hydrogens is 387 g/mol. The number of carbonyl (C=O) groups is 1. The number of cyclic esters (lactones) is 1. The molecule has 0 aliphatic carbocycles. The molecule has 2 aliphatic rings. The van der Waals surface area contributed by atoms with E-state index in [4.69, 9.17) is 11.3 Å². The number of hydrogen-bond donors (Lipinski definition) is 1. The highest BCUT2D eigenvalue weighted by molar-refractivity contribution is 7.88. The molecule has 2 fully saturated rings. The van der Waals surface area contributed by atoms with Gasteiger partial charge in [0.25, 0.3) is 0 Å². The van der Waals surface area contributed by atoms with Gasteiger partial charge in [0.1, 0.15) is 11.9 Å². The number of nitrogens with one attached hydrogen (secondary N) is 1. The zero-order chi connectivity index (χ0) is 20.3. The topological polar surface area (TPSA) is 83.3 Å². The predicted octanol–water partition coefficient (Wildman–Crippen LogP) is 2.10. The fourth-order valence-corrected chi connectivity index (χ4v) is 3.75. The van der Waals surface area contributed by atoms with Crippen molar-refractivity contribution in [2.24, 2.45) is 0 Å². The Balaban J connectivity index is 1.67. The number of halogens is 1. The Bertz CT molecular complexity index is 931. The highest BCUT2D eigenvalue weighted by atomic mass is 32.2. The quantitative estimate of drug-likeness (QED) is 0.755. The Morgan fingerprint density at radius 3 is 2.71 bits per heavy atom. The van der Waals surface area contributed by atoms with Crippen molar-refractivity contribution in [3.8, 4) is 0 Å². The van der Waals surface area contributed by atoms with E-state index in [2.05, 4.69) is 9.57 Å². The van der Waals surface area contributed by atoms with Gasteiger partial charge in [0.05, 0.1) is 30.7 Å². The van der Waals surface area contributed by atoms with E-state index < -0.39 is 28.0 Å². The van der Waals surface area contributed by atoms with Crippen LogP contribution in [0.25, 0.3) is 4.85 Å². The molecule has 28 heavy (non-hydrogen) atoms. The molecule has 0 unspecified atom stereocenters. The molecule has 3 rings (SSSR count). The van der Waals surface area contributed by atoms with Crippen LogP contribution in [0.5, 0.6) is 0 Å². The molecule has 8 nitrogen and oxygen atoms in total.